The van der Waals surface area contributed by atoms with E-state index in [1.165, 1.54) is 0 Å². The van der Waals surface area contributed by atoms with Crippen molar-refractivity contribution < 1.29 is 28.4 Å². The third-order valence-electron chi connectivity index (χ3n) is 5.32. The summed E-state index contributed by atoms with van der Waals surface area (Å²) in [5.74, 6) is 3.37. The Morgan fingerprint density at radius 2 is 0.750 bits per heavy atom. The first kappa shape index (κ1) is 23.6. The van der Waals surface area contributed by atoms with Gasteiger partial charge in [-0.15, -0.1) is 11.1 Å². The molecule has 3 rings (SSSR count). The Bertz CT molecular complexity index is 953. The van der Waals surface area contributed by atoms with E-state index >= 15 is 0 Å². The monoisotopic (exact) mass is 474 g/mol. The van der Waals surface area contributed by atoms with Gasteiger partial charge in [0.05, 0.1) is 42.7 Å². The van der Waals surface area contributed by atoms with Crippen LogP contribution in [0.1, 0.15) is 0 Å². The zero-order valence-electron chi connectivity index (χ0n) is 19.0. The molecule has 0 aliphatic heterocycles. The molecule has 0 saturated heterocycles. The first-order chi connectivity index (χ1) is 15.5. The minimum absolute atomic E-state index is 0.548. The van der Waals surface area contributed by atoms with Crippen molar-refractivity contribution in [3.05, 3.63) is 54.6 Å². The Labute approximate surface area is 194 Å². The molecule has 0 aromatic heterocycles. The molecule has 32 heavy (non-hydrogen) atoms. The van der Waals surface area contributed by atoms with Crippen molar-refractivity contribution in [3.8, 4) is 34.5 Å². The average Bonchev–Trinajstić information content (AvgIpc) is 2.86. The highest BCUT2D eigenvalue weighted by Crippen LogP contribution is 2.35. The van der Waals surface area contributed by atoms with Crippen LogP contribution in [-0.4, -0.2) is 50.0 Å². The summed E-state index contributed by atoms with van der Waals surface area (Å²) in [5, 5.41) is 2.33. The van der Waals surface area contributed by atoms with Crippen molar-refractivity contribution in [2.45, 2.75) is 0 Å². The molecule has 0 heterocycles. The van der Waals surface area contributed by atoms with Gasteiger partial charge in [-0.2, -0.15) is 0 Å². The number of rotatable bonds is 9. The summed E-state index contributed by atoms with van der Waals surface area (Å²) in [4.78, 5) is 0. The number of hydrogen-bond acceptors (Lipinski definition) is 6. The Morgan fingerprint density at radius 3 is 0.969 bits per heavy atom. The fraction of sp³-hybridized carbons (Fsp3) is 0.250. The summed E-state index contributed by atoms with van der Waals surface area (Å²) in [6, 6.07) is 17.0. The van der Waals surface area contributed by atoms with Crippen molar-refractivity contribution in [1.29, 1.82) is 0 Å². The van der Waals surface area contributed by atoms with Gasteiger partial charge in [0.2, 0.25) is 0 Å². The quantitative estimate of drug-likeness (QED) is 0.270. The van der Waals surface area contributed by atoms with E-state index in [0.29, 0.717) is 34.5 Å². The highest BCUT2D eigenvalue weighted by Gasteiger charge is 2.46. The SMILES string of the molecule is COc1cccc([Si](Cl)(c2cccc(OC)c2OC)c2cccc(OC)c2OC)c1OC. The largest absolute Gasteiger partial charge is 0.493 e. The van der Waals surface area contributed by atoms with Gasteiger partial charge in [-0.3, -0.25) is 0 Å². The Morgan fingerprint density at radius 1 is 0.469 bits per heavy atom. The van der Waals surface area contributed by atoms with Crippen molar-refractivity contribution in [3.63, 3.8) is 0 Å². The van der Waals surface area contributed by atoms with E-state index in [1.807, 2.05) is 54.6 Å². The van der Waals surface area contributed by atoms with Crippen molar-refractivity contribution >= 4 is 34.0 Å². The predicted molar refractivity (Wildman–Crippen MR) is 129 cm³/mol. The zero-order valence-corrected chi connectivity index (χ0v) is 20.8. The lowest BCUT2D eigenvalue weighted by atomic mass is 10.3. The van der Waals surface area contributed by atoms with E-state index in [2.05, 4.69) is 0 Å². The van der Waals surface area contributed by atoms with Crippen LogP contribution >= 0.6 is 11.1 Å². The topological polar surface area (TPSA) is 55.4 Å². The third kappa shape index (κ3) is 3.82. The molecule has 3 aromatic carbocycles. The van der Waals surface area contributed by atoms with Gasteiger partial charge >= 0.3 is 0 Å². The van der Waals surface area contributed by atoms with Crippen LogP contribution in [0.5, 0.6) is 34.5 Å². The van der Waals surface area contributed by atoms with Gasteiger partial charge in [-0.25, -0.2) is 0 Å². The van der Waals surface area contributed by atoms with Crippen LogP contribution < -0.4 is 44.0 Å². The summed E-state index contributed by atoms with van der Waals surface area (Å²) in [7, 11) is 6.21. The second-order valence-corrected chi connectivity index (χ2v) is 11.4. The van der Waals surface area contributed by atoms with Crippen LogP contribution in [-0.2, 0) is 0 Å². The van der Waals surface area contributed by atoms with Crippen molar-refractivity contribution in [1.82, 2.24) is 0 Å². The summed E-state index contributed by atoms with van der Waals surface area (Å²) in [6.45, 7) is 0. The number of ether oxygens (including phenoxy) is 6. The second kappa shape index (κ2) is 10.1. The summed E-state index contributed by atoms with van der Waals surface area (Å²) >= 11 is 7.79. The lowest BCUT2D eigenvalue weighted by molar-refractivity contribution is 0.355. The maximum atomic E-state index is 7.79. The standard InChI is InChI=1S/C24H27ClO6Si/c1-26-16-10-7-13-19(22(16)29-4)32(25,20-14-8-11-17(27-2)23(20)30-5)21-15-9-12-18(28-3)24(21)31-6/h7-15H,1-6H3. The Balaban J connectivity index is 2.51. The van der Waals surface area contributed by atoms with Crippen LogP contribution in [0.2, 0.25) is 0 Å². The summed E-state index contributed by atoms with van der Waals surface area (Å²) < 4.78 is 34.1. The molecule has 0 amide bonds. The first-order valence-corrected chi connectivity index (χ1v) is 12.9. The summed E-state index contributed by atoms with van der Waals surface area (Å²) in [5.41, 5.74) is 0. The van der Waals surface area contributed by atoms with Crippen LogP contribution in [0.15, 0.2) is 54.6 Å². The molecule has 0 unspecified atom stereocenters. The van der Waals surface area contributed by atoms with Gasteiger partial charge in [-0.05, 0) is 18.2 Å². The van der Waals surface area contributed by atoms with E-state index in [4.69, 9.17) is 39.5 Å². The predicted octanol–water partition coefficient (Wildman–Crippen LogP) is 2.94. The molecule has 0 bridgehead atoms. The normalized spacial score (nSPS) is 11.0. The van der Waals surface area contributed by atoms with Gasteiger partial charge < -0.3 is 28.4 Å². The molecule has 6 nitrogen and oxygen atoms in total. The molecule has 0 atom stereocenters. The molecule has 0 fully saturated rings. The van der Waals surface area contributed by atoms with E-state index in [1.54, 1.807) is 42.7 Å². The molecule has 8 heteroatoms. The molecule has 170 valence electrons. The van der Waals surface area contributed by atoms with Crippen LogP contribution in [0.25, 0.3) is 0 Å². The Kier molecular flexibility index (Phi) is 7.43. The smallest absolute Gasteiger partial charge is 0.259 e. The number of methoxy groups -OCH3 is 6. The van der Waals surface area contributed by atoms with Crippen molar-refractivity contribution in [2.24, 2.45) is 0 Å². The zero-order chi connectivity index (χ0) is 23.3. The van der Waals surface area contributed by atoms with Crippen molar-refractivity contribution in [2.75, 3.05) is 42.7 Å². The fourth-order valence-electron chi connectivity index (χ4n) is 3.91. The minimum Gasteiger partial charge on any atom is -0.493 e. The number of para-hydroxylation sites is 3. The minimum atomic E-state index is -3.36. The van der Waals surface area contributed by atoms with Gasteiger partial charge in [0.1, 0.15) is 0 Å². The highest BCUT2D eigenvalue weighted by atomic mass is 35.6. The molecule has 0 N–H and O–H groups in total. The molecule has 3 aromatic rings. The summed E-state index contributed by atoms with van der Waals surface area (Å²) in [6.07, 6.45) is 0. The van der Waals surface area contributed by atoms with Gasteiger partial charge in [0.15, 0.2) is 34.5 Å². The number of hydrogen-bond donors (Lipinski definition) is 0. The molecule has 0 radical (unpaired) electrons. The van der Waals surface area contributed by atoms with Gasteiger partial charge in [0, 0.05) is 15.6 Å². The van der Waals surface area contributed by atoms with Gasteiger partial charge in [0.25, 0.3) is 7.38 Å². The molecule has 0 spiro atoms. The molecular weight excluding hydrogens is 448 g/mol. The lowest BCUT2D eigenvalue weighted by Crippen LogP contribution is -2.63. The highest BCUT2D eigenvalue weighted by molar-refractivity contribution is 7.41. The molecular formula is C24H27ClO6Si. The molecule has 0 aliphatic rings. The molecule has 0 saturated carbocycles. The van der Waals surface area contributed by atoms with E-state index < -0.39 is 7.38 Å². The number of halogens is 1. The van der Waals surface area contributed by atoms with Gasteiger partial charge in [-0.1, -0.05) is 36.4 Å². The van der Waals surface area contributed by atoms with Crippen LogP contribution in [0.4, 0.5) is 0 Å². The molecule has 0 aliphatic carbocycles. The second-order valence-electron chi connectivity index (χ2n) is 6.78. The Hall–Kier alpha value is -3.03. The fourth-order valence-corrected chi connectivity index (χ4v) is 8.71. The maximum absolute atomic E-state index is 7.79. The maximum Gasteiger partial charge on any atom is 0.259 e. The number of benzene rings is 3. The van der Waals surface area contributed by atoms with E-state index in [-0.39, 0.29) is 0 Å². The van der Waals surface area contributed by atoms with E-state index in [9.17, 15) is 0 Å². The van der Waals surface area contributed by atoms with Crippen LogP contribution in [0.3, 0.4) is 0 Å². The lowest BCUT2D eigenvalue weighted by Gasteiger charge is -2.31. The third-order valence-corrected chi connectivity index (χ3v) is 10.6. The van der Waals surface area contributed by atoms with E-state index in [0.717, 1.165) is 15.6 Å². The van der Waals surface area contributed by atoms with Crippen LogP contribution in [0, 0.1) is 0 Å². The first-order valence-electron chi connectivity index (χ1n) is 9.85. The average molecular weight is 475 g/mol.